The first-order valence-electron chi connectivity index (χ1n) is 6.73. The summed E-state index contributed by atoms with van der Waals surface area (Å²) >= 11 is 5.31. The highest BCUT2D eigenvalue weighted by atomic mass is 79.9. The molecule has 0 bridgehead atoms. The summed E-state index contributed by atoms with van der Waals surface area (Å²) in [5.74, 6) is 5.78. The Morgan fingerprint density at radius 1 is 1.33 bits per heavy atom. The Morgan fingerprint density at radius 3 is 2.86 bits per heavy atom. The maximum Gasteiger partial charge on any atom is 0.0731 e. The van der Waals surface area contributed by atoms with E-state index in [0.717, 1.165) is 15.7 Å². The quantitative estimate of drug-likeness (QED) is 0.542. The highest BCUT2D eigenvalue weighted by Gasteiger charge is 2.16. The van der Waals surface area contributed by atoms with Crippen molar-refractivity contribution in [1.82, 2.24) is 10.4 Å². The van der Waals surface area contributed by atoms with Gasteiger partial charge in [-0.05, 0) is 58.6 Å². The molecule has 21 heavy (non-hydrogen) atoms. The van der Waals surface area contributed by atoms with Crippen LogP contribution >= 0.6 is 27.3 Å². The van der Waals surface area contributed by atoms with Crippen LogP contribution in [-0.4, -0.2) is 4.98 Å². The third-order valence-corrected chi connectivity index (χ3v) is 5.83. The third-order valence-electron chi connectivity index (χ3n) is 3.58. The topological polar surface area (TPSA) is 50.9 Å². The van der Waals surface area contributed by atoms with Crippen LogP contribution in [0.3, 0.4) is 0 Å². The second-order valence-corrected chi connectivity index (χ2v) is 7.42. The molecule has 0 saturated heterocycles. The number of hydrazine groups is 1. The SMILES string of the molecule is Cc1cc(C(Cc2ccnc3ccccc23)NN)sc1Br. The number of nitrogens with two attached hydrogens (primary N) is 1. The van der Waals surface area contributed by atoms with Gasteiger partial charge in [0.2, 0.25) is 0 Å². The van der Waals surface area contributed by atoms with Crippen LogP contribution in [0.2, 0.25) is 0 Å². The van der Waals surface area contributed by atoms with Crippen LogP contribution in [0.25, 0.3) is 10.9 Å². The molecule has 3 N–H and O–H groups in total. The first kappa shape index (κ1) is 14.7. The van der Waals surface area contributed by atoms with Gasteiger partial charge in [-0.3, -0.25) is 16.3 Å². The van der Waals surface area contributed by atoms with E-state index in [-0.39, 0.29) is 6.04 Å². The van der Waals surface area contributed by atoms with Gasteiger partial charge in [-0.15, -0.1) is 11.3 Å². The van der Waals surface area contributed by atoms with Crippen LogP contribution in [-0.2, 0) is 6.42 Å². The van der Waals surface area contributed by atoms with Crippen LogP contribution in [0.1, 0.15) is 22.0 Å². The van der Waals surface area contributed by atoms with Crippen molar-refractivity contribution in [2.24, 2.45) is 5.84 Å². The van der Waals surface area contributed by atoms with Crippen LogP contribution < -0.4 is 11.3 Å². The van der Waals surface area contributed by atoms with Crippen molar-refractivity contribution < 1.29 is 0 Å². The molecule has 0 radical (unpaired) electrons. The molecule has 1 unspecified atom stereocenters. The number of aryl methyl sites for hydroxylation is 1. The summed E-state index contributed by atoms with van der Waals surface area (Å²) < 4.78 is 1.16. The lowest BCUT2D eigenvalue weighted by Crippen LogP contribution is -2.29. The van der Waals surface area contributed by atoms with E-state index in [1.807, 2.05) is 24.4 Å². The van der Waals surface area contributed by atoms with Crippen LogP contribution in [0.5, 0.6) is 0 Å². The van der Waals surface area contributed by atoms with Crippen molar-refractivity contribution in [3.63, 3.8) is 0 Å². The summed E-state index contributed by atoms with van der Waals surface area (Å²) in [4.78, 5) is 5.65. The maximum atomic E-state index is 5.78. The molecule has 5 heteroatoms. The molecule has 3 nitrogen and oxygen atoms in total. The monoisotopic (exact) mass is 361 g/mol. The fourth-order valence-electron chi connectivity index (χ4n) is 2.45. The van der Waals surface area contributed by atoms with Gasteiger partial charge in [-0.2, -0.15) is 0 Å². The van der Waals surface area contributed by atoms with Crippen LogP contribution in [0, 0.1) is 6.92 Å². The number of hydrogen-bond acceptors (Lipinski definition) is 4. The number of halogens is 1. The molecule has 108 valence electrons. The average Bonchev–Trinajstić information content (AvgIpc) is 2.84. The summed E-state index contributed by atoms with van der Waals surface area (Å²) in [5.41, 5.74) is 6.46. The molecule has 0 amide bonds. The Hall–Kier alpha value is -1.27. The summed E-state index contributed by atoms with van der Waals surface area (Å²) in [5, 5.41) is 1.19. The fourth-order valence-corrected chi connectivity index (χ4v) is 4.08. The molecule has 0 aliphatic carbocycles. The van der Waals surface area contributed by atoms with Crippen molar-refractivity contribution in [3.8, 4) is 0 Å². The van der Waals surface area contributed by atoms with Gasteiger partial charge in [-0.1, -0.05) is 18.2 Å². The standard InChI is InChI=1S/C16H16BrN3S/c1-10-8-15(21-16(10)17)14(20-18)9-11-6-7-19-13-5-3-2-4-12(11)13/h2-8,14,20H,9,18H2,1H3. The zero-order valence-electron chi connectivity index (χ0n) is 11.6. The number of pyridine rings is 1. The first-order valence-corrected chi connectivity index (χ1v) is 8.34. The highest BCUT2D eigenvalue weighted by Crippen LogP contribution is 2.33. The van der Waals surface area contributed by atoms with E-state index in [1.165, 1.54) is 21.4 Å². The van der Waals surface area contributed by atoms with Gasteiger partial charge < -0.3 is 0 Å². The molecule has 0 spiro atoms. The molecule has 1 aromatic carbocycles. The van der Waals surface area contributed by atoms with Crippen molar-refractivity contribution in [3.05, 3.63) is 62.4 Å². The molecule has 1 atom stereocenters. The largest absolute Gasteiger partial charge is 0.271 e. The minimum absolute atomic E-state index is 0.103. The molecule has 0 aliphatic heterocycles. The Kier molecular flexibility index (Phi) is 4.35. The summed E-state index contributed by atoms with van der Waals surface area (Å²) in [6, 6.07) is 12.6. The molecular weight excluding hydrogens is 346 g/mol. The normalized spacial score (nSPS) is 12.7. The zero-order chi connectivity index (χ0) is 14.8. The Balaban J connectivity index is 1.96. The summed E-state index contributed by atoms with van der Waals surface area (Å²) in [7, 11) is 0. The summed E-state index contributed by atoms with van der Waals surface area (Å²) in [6.45, 7) is 2.10. The Morgan fingerprint density at radius 2 is 2.14 bits per heavy atom. The highest BCUT2D eigenvalue weighted by molar-refractivity contribution is 9.11. The lowest BCUT2D eigenvalue weighted by atomic mass is 10.0. The second-order valence-electron chi connectivity index (χ2n) is 5.02. The maximum absolute atomic E-state index is 5.78. The van der Waals surface area contributed by atoms with E-state index in [9.17, 15) is 0 Å². The molecule has 0 aliphatic rings. The van der Waals surface area contributed by atoms with E-state index in [1.54, 1.807) is 11.3 Å². The number of nitrogens with one attached hydrogen (secondary N) is 1. The number of fused-ring (bicyclic) bond motifs is 1. The molecular formula is C16H16BrN3S. The van der Waals surface area contributed by atoms with E-state index >= 15 is 0 Å². The number of aromatic nitrogens is 1. The van der Waals surface area contributed by atoms with Gasteiger partial charge in [0.15, 0.2) is 0 Å². The Labute approximate surface area is 136 Å². The van der Waals surface area contributed by atoms with Gasteiger partial charge >= 0.3 is 0 Å². The summed E-state index contributed by atoms with van der Waals surface area (Å²) in [6.07, 6.45) is 2.70. The van der Waals surface area contributed by atoms with E-state index < -0.39 is 0 Å². The second kappa shape index (κ2) is 6.23. The molecule has 2 aromatic heterocycles. The predicted molar refractivity (Wildman–Crippen MR) is 92.3 cm³/mol. The minimum atomic E-state index is 0.103. The van der Waals surface area contributed by atoms with Crippen molar-refractivity contribution >= 4 is 38.2 Å². The molecule has 2 heterocycles. The van der Waals surface area contributed by atoms with Crippen LogP contribution in [0.15, 0.2) is 46.4 Å². The van der Waals surface area contributed by atoms with Crippen molar-refractivity contribution in [2.75, 3.05) is 0 Å². The number of hydrogen-bond donors (Lipinski definition) is 2. The lowest BCUT2D eigenvalue weighted by molar-refractivity contribution is 0.562. The van der Waals surface area contributed by atoms with Gasteiger partial charge in [0, 0.05) is 16.5 Å². The minimum Gasteiger partial charge on any atom is -0.271 e. The van der Waals surface area contributed by atoms with Gasteiger partial charge in [0.05, 0.1) is 15.3 Å². The smallest absolute Gasteiger partial charge is 0.0731 e. The van der Waals surface area contributed by atoms with Gasteiger partial charge in [0.1, 0.15) is 0 Å². The first-order chi connectivity index (χ1) is 10.2. The van der Waals surface area contributed by atoms with E-state index in [4.69, 9.17) is 5.84 Å². The number of benzene rings is 1. The van der Waals surface area contributed by atoms with E-state index in [0.29, 0.717) is 0 Å². The lowest BCUT2D eigenvalue weighted by Gasteiger charge is -2.15. The number of para-hydroxylation sites is 1. The molecule has 3 aromatic rings. The van der Waals surface area contributed by atoms with Crippen LogP contribution in [0.4, 0.5) is 0 Å². The van der Waals surface area contributed by atoms with Crippen molar-refractivity contribution in [2.45, 2.75) is 19.4 Å². The van der Waals surface area contributed by atoms with Gasteiger partial charge in [0.25, 0.3) is 0 Å². The average molecular weight is 362 g/mol. The molecule has 0 saturated carbocycles. The fraction of sp³-hybridized carbons (Fsp3) is 0.188. The Bertz CT molecular complexity index is 744. The van der Waals surface area contributed by atoms with Gasteiger partial charge in [-0.25, -0.2) is 0 Å². The molecule has 0 fully saturated rings. The number of thiophene rings is 1. The van der Waals surface area contributed by atoms with E-state index in [2.05, 4.69) is 51.5 Å². The molecule has 3 rings (SSSR count). The third kappa shape index (κ3) is 3.01. The number of rotatable bonds is 4. The zero-order valence-corrected chi connectivity index (χ0v) is 14.0. The predicted octanol–water partition coefficient (Wildman–Crippen LogP) is 4.11. The van der Waals surface area contributed by atoms with Crippen molar-refractivity contribution in [1.29, 1.82) is 0 Å². The number of nitrogens with zero attached hydrogens (tertiary/aromatic N) is 1.